The monoisotopic (exact) mass is 771 g/mol. The number of rotatable bonds is 19. The maximum Gasteiger partial charge on any atom is 0.338 e. The summed E-state index contributed by atoms with van der Waals surface area (Å²) < 4.78 is 57.2. The van der Waals surface area contributed by atoms with Gasteiger partial charge in [0.1, 0.15) is 24.7 Å². The molecule has 2 N–H and O–H groups in total. The third kappa shape index (κ3) is 11.1. The normalized spacial score (nSPS) is 11.3. The van der Waals surface area contributed by atoms with Crippen molar-refractivity contribution in [3.8, 4) is 22.8 Å². The van der Waals surface area contributed by atoms with Crippen LogP contribution in [0.5, 0.6) is 11.5 Å². The van der Waals surface area contributed by atoms with Gasteiger partial charge in [-0.3, -0.25) is 19.2 Å². The molecule has 13 nitrogen and oxygen atoms in total. The predicted octanol–water partition coefficient (Wildman–Crippen LogP) is 6.51. The fourth-order valence-electron chi connectivity index (χ4n) is 5.70. The highest BCUT2D eigenvalue weighted by Gasteiger charge is 2.20. The minimum atomic E-state index is -3.97. The van der Waals surface area contributed by atoms with Crippen LogP contribution in [-0.2, 0) is 40.4 Å². The molecule has 0 saturated heterocycles. The van der Waals surface area contributed by atoms with Crippen LogP contribution in [0.15, 0.2) is 95.9 Å². The Kier molecular flexibility index (Phi) is 13.9. The van der Waals surface area contributed by atoms with Crippen LogP contribution >= 0.6 is 0 Å². The second-order valence-corrected chi connectivity index (χ2v) is 14.1. The highest BCUT2D eigenvalue weighted by Crippen LogP contribution is 2.34. The van der Waals surface area contributed by atoms with E-state index in [-0.39, 0.29) is 69.0 Å². The average molecular weight is 772 g/mol. The van der Waals surface area contributed by atoms with Crippen molar-refractivity contribution < 1.29 is 46.5 Å². The van der Waals surface area contributed by atoms with Crippen LogP contribution in [0.25, 0.3) is 22.2 Å². The molecule has 1 heterocycles. The van der Waals surface area contributed by atoms with E-state index in [1.54, 1.807) is 80.3 Å². The average Bonchev–Trinajstić information content (AvgIpc) is 3.58. The van der Waals surface area contributed by atoms with E-state index in [2.05, 4.69) is 9.71 Å². The van der Waals surface area contributed by atoms with Crippen LogP contribution in [0.3, 0.4) is 0 Å². The van der Waals surface area contributed by atoms with Crippen molar-refractivity contribution in [2.24, 2.45) is 0 Å². The van der Waals surface area contributed by atoms with Gasteiger partial charge in [-0.15, -0.1) is 0 Å². The molecular weight excluding hydrogens is 727 g/mol. The first kappa shape index (κ1) is 40.3. The summed E-state index contributed by atoms with van der Waals surface area (Å²) in [4.78, 5) is 42.0. The molecule has 14 heteroatoms. The molecule has 0 spiro atoms. The van der Waals surface area contributed by atoms with Gasteiger partial charge in [0, 0.05) is 34.3 Å². The van der Waals surface area contributed by atoms with Crippen LogP contribution < -0.4 is 14.2 Å². The minimum absolute atomic E-state index is 0.0298. The maximum atomic E-state index is 13.4. The number of nitrogens with zero attached hydrogens (tertiary/aromatic N) is 1. The predicted molar refractivity (Wildman–Crippen MR) is 208 cm³/mol. The number of para-hydroxylation sites is 1. The van der Waals surface area contributed by atoms with Crippen molar-refractivity contribution in [1.82, 2.24) is 9.88 Å². The largest absolute Gasteiger partial charge is 0.490 e. The molecule has 0 aliphatic carbocycles. The number of esters is 3. The van der Waals surface area contributed by atoms with E-state index < -0.39 is 27.9 Å². The second kappa shape index (κ2) is 18.9. The summed E-state index contributed by atoms with van der Waals surface area (Å²) in [6.07, 6.45) is 0. The van der Waals surface area contributed by atoms with Gasteiger partial charge in [0.05, 0.1) is 49.1 Å². The van der Waals surface area contributed by atoms with Crippen LogP contribution in [0.2, 0.25) is 0 Å². The minimum Gasteiger partial charge on any atom is -0.490 e. The molecule has 290 valence electrons. The zero-order valence-corrected chi connectivity index (χ0v) is 32.1. The van der Waals surface area contributed by atoms with Crippen molar-refractivity contribution in [2.45, 2.75) is 39.1 Å². The number of sulfonamides is 1. The number of aromatic amines is 1. The molecule has 0 bridgehead atoms. The molecule has 0 unspecified atom stereocenters. The van der Waals surface area contributed by atoms with E-state index in [0.29, 0.717) is 22.6 Å². The number of hydrogen-bond donors (Lipinski definition) is 2. The number of benzene rings is 4. The Hall–Kier alpha value is -5.86. The smallest absolute Gasteiger partial charge is 0.338 e. The number of aryl methyl sites for hydroxylation is 1. The standard InChI is InChI=1S/C41H45N3O10S/c1-5-50-39(45)26-44(27-40(46)51-6-2)25-32-10-8-9-11-37(32)53-20-21-54-38-24-30(16-19-34(38)43-55(48,49)33-17-12-28(4)13-18-33)35-22-29-14-15-31(23-36(29)42-35)41(47)52-7-3/h8-19,22-24,42-43H,5-7,20-21,25-27H2,1-4H3. The summed E-state index contributed by atoms with van der Waals surface area (Å²) in [6.45, 7) is 7.80. The first-order chi connectivity index (χ1) is 26.5. The zero-order chi connectivity index (χ0) is 39.4. The number of aromatic nitrogens is 1. The summed E-state index contributed by atoms with van der Waals surface area (Å²) in [5.41, 5.74) is 4.43. The molecule has 0 aliphatic heterocycles. The third-order valence-corrected chi connectivity index (χ3v) is 9.66. The van der Waals surface area contributed by atoms with Crippen molar-refractivity contribution in [2.75, 3.05) is 50.8 Å². The summed E-state index contributed by atoms with van der Waals surface area (Å²) in [6, 6.07) is 26.0. The van der Waals surface area contributed by atoms with E-state index in [1.807, 2.05) is 31.2 Å². The van der Waals surface area contributed by atoms with E-state index in [4.69, 9.17) is 23.7 Å². The fraction of sp³-hybridized carbons (Fsp3) is 0.293. The van der Waals surface area contributed by atoms with Crippen molar-refractivity contribution in [1.29, 1.82) is 0 Å². The molecule has 55 heavy (non-hydrogen) atoms. The van der Waals surface area contributed by atoms with Crippen LogP contribution in [0.1, 0.15) is 42.3 Å². The Labute approximate surface area is 320 Å². The summed E-state index contributed by atoms with van der Waals surface area (Å²) >= 11 is 0. The van der Waals surface area contributed by atoms with E-state index in [1.165, 1.54) is 12.1 Å². The van der Waals surface area contributed by atoms with Crippen molar-refractivity contribution in [3.05, 3.63) is 108 Å². The molecule has 0 amide bonds. The molecule has 0 saturated carbocycles. The molecule has 5 rings (SSSR count). The Bertz CT molecular complexity index is 2200. The molecule has 1 aromatic heterocycles. The SMILES string of the molecule is CCOC(=O)CN(CC(=O)OCC)Cc1ccccc1OCCOc1cc(-c2cc3ccc(C(=O)OCC)cc3[nH]2)ccc1NS(=O)(=O)c1ccc(C)cc1. The third-order valence-electron chi connectivity index (χ3n) is 8.28. The van der Waals surface area contributed by atoms with Gasteiger partial charge in [-0.05, 0) is 76.2 Å². The topological polar surface area (TPSA) is 163 Å². The van der Waals surface area contributed by atoms with Gasteiger partial charge in [0.25, 0.3) is 10.0 Å². The number of H-pyrrole nitrogens is 1. The van der Waals surface area contributed by atoms with Crippen molar-refractivity contribution in [3.63, 3.8) is 0 Å². The lowest BCUT2D eigenvalue weighted by Crippen LogP contribution is -2.35. The highest BCUT2D eigenvalue weighted by molar-refractivity contribution is 7.92. The fourth-order valence-corrected chi connectivity index (χ4v) is 6.77. The number of anilines is 1. The number of ether oxygens (including phenoxy) is 5. The molecule has 4 aromatic carbocycles. The van der Waals surface area contributed by atoms with Crippen LogP contribution in [0, 0.1) is 6.92 Å². The molecule has 0 radical (unpaired) electrons. The second-order valence-electron chi connectivity index (χ2n) is 12.4. The number of hydrogen-bond acceptors (Lipinski definition) is 11. The van der Waals surface area contributed by atoms with Crippen molar-refractivity contribution >= 4 is 44.5 Å². The number of fused-ring (bicyclic) bond motifs is 1. The molecular formula is C41H45N3O10S. The van der Waals surface area contributed by atoms with Gasteiger partial charge in [-0.2, -0.15) is 0 Å². The van der Waals surface area contributed by atoms with Gasteiger partial charge in [0.15, 0.2) is 0 Å². The number of nitrogens with one attached hydrogen (secondary N) is 2. The summed E-state index contributed by atoms with van der Waals surface area (Å²) in [7, 11) is -3.97. The van der Waals surface area contributed by atoms with E-state index in [9.17, 15) is 22.8 Å². The Morgan fingerprint density at radius 1 is 0.727 bits per heavy atom. The lowest BCUT2D eigenvalue weighted by atomic mass is 10.1. The first-order valence-corrected chi connectivity index (χ1v) is 19.4. The maximum absolute atomic E-state index is 13.4. The van der Waals surface area contributed by atoms with Gasteiger partial charge in [0.2, 0.25) is 0 Å². The van der Waals surface area contributed by atoms with Crippen LogP contribution in [0.4, 0.5) is 5.69 Å². The van der Waals surface area contributed by atoms with E-state index in [0.717, 1.165) is 22.0 Å². The summed E-state index contributed by atoms with van der Waals surface area (Å²) in [5.74, 6) is -0.590. The lowest BCUT2D eigenvalue weighted by Gasteiger charge is -2.22. The van der Waals surface area contributed by atoms with E-state index >= 15 is 0 Å². The molecule has 0 aliphatic rings. The highest BCUT2D eigenvalue weighted by atomic mass is 32.2. The molecule has 0 fully saturated rings. The van der Waals surface area contributed by atoms with Gasteiger partial charge in [-0.1, -0.05) is 48.0 Å². The Balaban J connectivity index is 1.36. The molecule has 0 atom stereocenters. The van der Waals surface area contributed by atoms with Gasteiger partial charge >= 0.3 is 17.9 Å². The van der Waals surface area contributed by atoms with Gasteiger partial charge in [-0.25, -0.2) is 13.2 Å². The quantitative estimate of drug-likeness (QED) is 0.0535. The molecule has 5 aromatic rings. The summed E-state index contributed by atoms with van der Waals surface area (Å²) in [5, 5.41) is 0.866. The Morgan fingerprint density at radius 3 is 2.05 bits per heavy atom. The number of carbonyl (C=O) groups is 3. The Morgan fingerprint density at radius 2 is 1.38 bits per heavy atom. The number of carbonyl (C=O) groups excluding carboxylic acids is 3. The lowest BCUT2D eigenvalue weighted by molar-refractivity contribution is -0.148. The zero-order valence-electron chi connectivity index (χ0n) is 31.3. The first-order valence-electron chi connectivity index (χ1n) is 17.9. The van der Waals surface area contributed by atoms with Gasteiger partial charge < -0.3 is 28.7 Å². The van der Waals surface area contributed by atoms with Crippen LogP contribution in [-0.4, -0.2) is 82.3 Å².